The van der Waals surface area contributed by atoms with E-state index in [1.165, 1.54) is 14.2 Å². The molecule has 3 heterocycles. The number of nitrogens with one attached hydrogen (secondary N) is 2. The SMILES string of the molecule is CN=C(N)NCC1C(CCC=O)CC2C(=O)C3C(CO)C(OC)CC(OC4OC(CO)C(O)(CC(CN5C(=O)C=CC5=O)C5CCNC(N)C5)C(O)C4O)C3C(=O)C2C1O. The van der Waals surface area contributed by atoms with Crippen molar-refractivity contribution in [3.05, 3.63) is 12.2 Å². The van der Waals surface area contributed by atoms with Crippen LogP contribution in [0.3, 0.4) is 0 Å². The van der Waals surface area contributed by atoms with Gasteiger partial charge in [0.2, 0.25) is 0 Å². The van der Waals surface area contributed by atoms with Crippen molar-refractivity contribution >= 4 is 35.6 Å². The molecule has 336 valence electrons. The van der Waals surface area contributed by atoms with Crippen LogP contribution < -0.4 is 22.1 Å². The van der Waals surface area contributed by atoms with Crippen LogP contribution in [-0.2, 0) is 38.2 Å². The molecule has 0 aromatic heterocycles. The molecule has 0 spiro atoms. The molecule has 0 radical (unpaired) electrons. The van der Waals surface area contributed by atoms with E-state index < -0.39 is 127 Å². The molecule has 0 aromatic carbocycles. The number of imide groups is 1. The van der Waals surface area contributed by atoms with Gasteiger partial charge in [0.1, 0.15) is 41.8 Å². The van der Waals surface area contributed by atoms with Crippen LogP contribution >= 0.6 is 0 Å². The van der Waals surface area contributed by atoms with E-state index in [-0.39, 0.29) is 62.4 Å². The number of Topliss-reactive ketones (excluding diaryl/α,β-unsaturated/α-hetero) is 2. The summed E-state index contributed by atoms with van der Waals surface area (Å²) in [5.74, 6) is -9.12. The number of fused-ring (bicyclic) bond motifs is 2. The number of aliphatic imine (C=N–C) groups is 1. The second kappa shape index (κ2) is 19.4. The average Bonchev–Trinajstić information content (AvgIpc) is 3.55. The normalized spacial score (nSPS) is 42.8. The zero-order valence-electron chi connectivity index (χ0n) is 34.0. The van der Waals surface area contributed by atoms with Crippen molar-refractivity contribution in [2.24, 2.45) is 69.7 Å². The fourth-order valence-electron chi connectivity index (χ4n) is 11.2. The van der Waals surface area contributed by atoms with Crippen LogP contribution in [0.15, 0.2) is 17.1 Å². The van der Waals surface area contributed by atoms with Crippen molar-refractivity contribution in [1.82, 2.24) is 15.5 Å². The number of hydrogen-bond donors (Lipinski definition) is 10. The molecule has 0 bridgehead atoms. The third-order valence-electron chi connectivity index (χ3n) is 14.4. The van der Waals surface area contributed by atoms with Crippen LogP contribution in [0.25, 0.3) is 0 Å². The number of guanidine groups is 1. The molecule has 3 saturated carbocycles. The summed E-state index contributed by atoms with van der Waals surface area (Å²) < 4.78 is 18.1. The highest BCUT2D eigenvalue weighted by molar-refractivity contribution is 6.12. The van der Waals surface area contributed by atoms with Gasteiger partial charge in [0.05, 0.1) is 42.9 Å². The summed E-state index contributed by atoms with van der Waals surface area (Å²) in [6.07, 6.45) is -6.91. The Hall–Kier alpha value is -3.28. The summed E-state index contributed by atoms with van der Waals surface area (Å²) >= 11 is 0. The van der Waals surface area contributed by atoms with Crippen molar-refractivity contribution in [3.63, 3.8) is 0 Å². The molecule has 20 heteroatoms. The maximum absolute atomic E-state index is 14.8. The van der Waals surface area contributed by atoms with Crippen molar-refractivity contribution in [2.75, 3.05) is 47.0 Å². The van der Waals surface area contributed by atoms with Crippen molar-refractivity contribution < 1.29 is 68.8 Å². The van der Waals surface area contributed by atoms with Gasteiger partial charge in [-0.3, -0.25) is 29.1 Å². The van der Waals surface area contributed by atoms with E-state index in [9.17, 15) is 54.6 Å². The smallest absolute Gasteiger partial charge is 0.253 e. The van der Waals surface area contributed by atoms with Gasteiger partial charge in [0, 0.05) is 82.5 Å². The molecular formula is C40H62N6O14. The zero-order chi connectivity index (χ0) is 43.6. The molecule has 3 aliphatic carbocycles. The van der Waals surface area contributed by atoms with Gasteiger partial charge in [0.15, 0.2) is 12.2 Å². The summed E-state index contributed by atoms with van der Waals surface area (Å²) in [5.41, 5.74) is 9.74. The first-order valence-electron chi connectivity index (χ1n) is 21.0. The minimum Gasteiger partial charge on any atom is -0.396 e. The minimum absolute atomic E-state index is 0.0768. The van der Waals surface area contributed by atoms with Gasteiger partial charge < -0.3 is 71.7 Å². The lowest BCUT2D eigenvalue weighted by Gasteiger charge is -2.55. The number of aldehydes is 1. The Bertz CT molecular complexity index is 1630. The van der Waals surface area contributed by atoms with Crippen LogP contribution in [0.1, 0.15) is 44.9 Å². The molecule has 18 atom stereocenters. The maximum Gasteiger partial charge on any atom is 0.253 e. The highest BCUT2D eigenvalue weighted by Gasteiger charge is 2.64. The average molecular weight is 851 g/mol. The van der Waals surface area contributed by atoms with E-state index in [0.717, 1.165) is 23.3 Å². The van der Waals surface area contributed by atoms with E-state index in [1.807, 2.05) is 0 Å². The molecule has 60 heavy (non-hydrogen) atoms. The lowest BCUT2D eigenvalue weighted by Crippen LogP contribution is -2.69. The number of aliphatic hydroxyl groups excluding tert-OH is 5. The van der Waals surface area contributed by atoms with Crippen LogP contribution in [0.2, 0.25) is 0 Å². The van der Waals surface area contributed by atoms with Gasteiger partial charge in [0.25, 0.3) is 11.8 Å². The number of nitrogens with zero attached hydrogens (tertiary/aromatic N) is 2. The van der Waals surface area contributed by atoms with Gasteiger partial charge in [-0.1, -0.05) is 0 Å². The highest BCUT2D eigenvalue weighted by Crippen LogP contribution is 2.53. The second-order valence-corrected chi connectivity index (χ2v) is 17.4. The van der Waals surface area contributed by atoms with Crippen LogP contribution in [0.5, 0.6) is 0 Å². The van der Waals surface area contributed by atoms with E-state index >= 15 is 0 Å². The number of ketones is 2. The summed E-state index contributed by atoms with van der Waals surface area (Å²) in [5, 5.41) is 74.9. The number of amides is 2. The molecule has 12 N–H and O–H groups in total. The third kappa shape index (κ3) is 8.83. The summed E-state index contributed by atoms with van der Waals surface area (Å²) in [7, 11) is 2.86. The predicted molar refractivity (Wildman–Crippen MR) is 209 cm³/mol. The Labute approximate surface area is 348 Å². The number of nitrogens with two attached hydrogens (primary N) is 2. The molecule has 5 fully saturated rings. The van der Waals surface area contributed by atoms with E-state index in [1.54, 1.807) is 0 Å². The topological polar surface area (TPSA) is 326 Å². The van der Waals surface area contributed by atoms with Crippen molar-refractivity contribution in [3.8, 4) is 0 Å². The molecule has 0 aromatic rings. The molecule has 3 aliphatic heterocycles. The fraction of sp³-hybridized carbons (Fsp3) is 0.800. The number of methoxy groups -OCH3 is 1. The summed E-state index contributed by atoms with van der Waals surface area (Å²) in [6, 6.07) is 0. The number of hydrogen-bond acceptors (Lipinski definition) is 17. The summed E-state index contributed by atoms with van der Waals surface area (Å²) in [4.78, 5) is 71.0. The van der Waals surface area contributed by atoms with E-state index in [4.69, 9.17) is 25.7 Å². The lowest BCUT2D eigenvalue weighted by atomic mass is 9.51. The molecule has 6 rings (SSSR count). The lowest BCUT2D eigenvalue weighted by molar-refractivity contribution is -0.349. The van der Waals surface area contributed by atoms with Crippen molar-refractivity contribution in [2.45, 2.75) is 99.6 Å². The first kappa shape index (κ1) is 46.2. The van der Waals surface area contributed by atoms with E-state index in [2.05, 4.69) is 15.6 Å². The van der Waals surface area contributed by atoms with E-state index in [0.29, 0.717) is 25.8 Å². The standard InChI is InChI=1S/C40H62N6O14/c1-43-39(42)45-14-22-19(4-3-9-47)10-21-31(34(22)53)35(54)32-25(12-24(58-2)23(16-48)30(32)33(21)52)59-38-36(55)37(56)40(57,26(17-49)60-38)13-20(18-7-8-44-27(41)11-18)15-46-28(50)5-6-29(46)51/h5-6,9,18-27,30-32,34,36-38,44,48-49,53,55-57H,3-4,7-8,10-17,41H2,1-2H3,(H3,42,43,45). The summed E-state index contributed by atoms with van der Waals surface area (Å²) in [6.45, 7) is -0.912. The first-order valence-corrected chi connectivity index (χ1v) is 21.0. The Kier molecular flexibility index (Phi) is 15.0. The number of carbonyl (C=O) groups excluding carboxylic acids is 5. The molecule has 20 nitrogen and oxygen atoms in total. The van der Waals surface area contributed by atoms with Gasteiger partial charge in [-0.15, -0.1) is 0 Å². The molecule has 2 saturated heterocycles. The monoisotopic (exact) mass is 850 g/mol. The fourth-order valence-corrected chi connectivity index (χ4v) is 11.2. The second-order valence-electron chi connectivity index (χ2n) is 17.4. The molecule has 2 amide bonds. The van der Waals surface area contributed by atoms with Crippen LogP contribution in [0.4, 0.5) is 0 Å². The molecular weight excluding hydrogens is 788 g/mol. The Morgan fingerprint density at radius 2 is 1.75 bits per heavy atom. The number of piperidine rings is 1. The zero-order valence-corrected chi connectivity index (χ0v) is 34.0. The quantitative estimate of drug-likeness (QED) is 0.0324. The predicted octanol–water partition coefficient (Wildman–Crippen LogP) is -4.09. The molecule has 18 unspecified atom stereocenters. The minimum atomic E-state index is -2.34. The maximum atomic E-state index is 14.8. The van der Waals surface area contributed by atoms with Gasteiger partial charge in [-0.2, -0.15) is 0 Å². The Morgan fingerprint density at radius 3 is 2.37 bits per heavy atom. The largest absolute Gasteiger partial charge is 0.396 e. The number of aliphatic hydroxyl groups is 6. The number of ether oxygens (including phenoxy) is 3. The van der Waals surface area contributed by atoms with Crippen LogP contribution in [-0.4, -0.2) is 173 Å². The molecule has 6 aliphatic rings. The van der Waals surface area contributed by atoms with Crippen molar-refractivity contribution in [1.29, 1.82) is 0 Å². The highest BCUT2D eigenvalue weighted by atomic mass is 16.7. The Morgan fingerprint density at radius 1 is 1.03 bits per heavy atom. The first-order chi connectivity index (χ1) is 28.6. The van der Waals surface area contributed by atoms with Crippen LogP contribution in [0, 0.1) is 53.3 Å². The third-order valence-corrected chi connectivity index (χ3v) is 14.4. The van der Waals surface area contributed by atoms with Gasteiger partial charge >= 0.3 is 0 Å². The van der Waals surface area contributed by atoms with Gasteiger partial charge in [-0.05, 0) is 56.4 Å². The number of rotatable bonds is 15. The number of carbonyl (C=O) groups is 5. The Balaban J connectivity index is 1.27. The van der Waals surface area contributed by atoms with Gasteiger partial charge in [-0.25, -0.2) is 0 Å².